The molecule has 0 N–H and O–H groups in total. The standard InChI is InChI=1S/C24H24N6O4/c1-28-14-20(27-15-28)24(31)29-6-5-19(13-29)34-18-3-4-22-21(10-18)30(7-8-33-22)17-9-16(11-25)23(32-2)26-12-17/h3-4,9-10,12,14-15,19H,5-8,13H2,1-2H3/t19-/m0/s1/i7D2. The predicted octanol–water partition coefficient (Wildman–Crippen LogP) is 2.52. The zero-order valence-corrected chi connectivity index (χ0v) is 18.8. The molecule has 4 heterocycles. The van der Waals surface area contributed by atoms with Gasteiger partial charge in [-0.1, -0.05) is 0 Å². The van der Waals surface area contributed by atoms with Gasteiger partial charge in [0.15, 0.2) is 0 Å². The van der Waals surface area contributed by atoms with Crippen LogP contribution in [-0.4, -0.2) is 64.7 Å². The number of pyridine rings is 1. The van der Waals surface area contributed by atoms with Crippen molar-refractivity contribution in [2.24, 2.45) is 7.05 Å². The summed E-state index contributed by atoms with van der Waals surface area (Å²) >= 11 is 0. The van der Waals surface area contributed by atoms with Crippen molar-refractivity contribution in [3.8, 4) is 23.4 Å². The number of nitrogens with zero attached hydrogens (tertiary/aromatic N) is 6. The highest BCUT2D eigenvalue weighted by atomic mass is 16.5. The lowest BCUT2D eigenvalue weighted by Gasteiger charge is -2.31. The van der Waals surface area contributed by atoms with Crippen LogP contribution in [0.15, 0.2) is 43.0 Å². The Morgan fingerprint density at radius 1 is 1.35 bits per heavy atom. The molecule has 10 nitrogen and oxygen atoms in total. The number of methoxy groups -OCH3 is 1. The number of aryl methyl sites for hydroxylation is 1. The van der Waals surface area contributed by atoms with Gasteiger partial charge in [0, 0.05) is 32.3 Å². The minimum atomic E-state index is -1.91. The third-order valence-electron chi connectivity index (χ3n) is 5.69. The average Bonchev–Trinajstić information content (AvgIpc) is 3.52. The van der Waals surface area contributed by atoms with Gasteiger partial charge in [-0.3, -0.25) is 4.79 Å². The number of carbonyl (C=O) groups is 1. The second-order valence-electron chi connectivity index (χ2n) is 7.98. The summed E-state index contributed by atoms with van der Waals surface area (Å²) in [5.41, 5.74) is 1.41. The number of amides is 1. The predicted molar refractivity (Wildman–Crippen MR) is 123 cm³/mol. The van der Waals surface area contributed by atoms with E-state index in [1.54, 1.807) is 40.2 Å². The zero-order chi connectivity index (χ0) is 25.4. The molecule has 2 aromatic heterocycles. The van der Waals surface area contributed by atoms with E-state index in [1.165, 1.54) is 24.3 Å². The first-order valence-electron chi connectivity index (χ1n) is 11.7. The molecular formula is C24H24N6O4. The van der Waals surface area contributed by atoms with Crippen LogP contribution in [0.5, 0.6) is 17.4 Å². The van der Waals surface area contributed by atoms with Crippen LogP contribution in [-0.2, 0) is 7.05 Å². The van der Waals surface area contributed by atoms with Crippen molar-refractivity contribution in [3.05, 3.63) is 54.2 Å². The Labute approximate surface area is 199 Å². The number of imidazole rings is 1. The minimum absolute atomic E-state index is 0.139. The van der Waals surface area contributed by atoms with E-state index in [0.29, 0.717) is 48.1 Å². The highest BCUT2D eigenvalue weighted by molar-refractivity contribution is 5.92. The quantitative estimate of drug-likeness (QED) is 0.570. The topological polar surface area (TPSA) is 106 Å². The smallest absolute Gasteiger partial charge is 0.274 e. The molecule has 0 spiro atoms. The molecule has 2 aliphatic rings. The van der Waals surface area contributed by atoms with E-state index in [1.807, 2.05) is 13.1 Å². The maximum Gasteiger partial charge on any atom is 0.274 e. The number of nitriles is 1. The van der Waals surface area contributed by atoms with Crippen molar-refractivity contribution in [1.29, 1.82) is 5.26 Å². The van der Waals surface area contributed by atoms with Crippen molar-refractivity contribution in [2.75, 3.05) is 38.2 Å². The summed E-state index contributed by atoms with van der Waals surface area (Å²) < 4.78 is 35.8. The summed E-state index contributed by atoms with van der Waals surface area (Å²) in [6.45, 7) is -1.14. The Morgan fingerprint density at radius 2 is 2.24 bits per heavy atom. The Hall–Kier alpha value is -4.26. The molecule has 2 aliphatic heterocycles. The number of fused-ring (bicyclic) bond motifs is 1. The first-order valence-corrected chi connectivity index (χ1v) is 10.7. The molecule has 1 fully saturated rings. The second kappa shape index (κ2) is 8.94. The Morgan fingerprint density at radius 3 is 3.00 bits per heavy atom. The van der Waals surface area contributed by atoms with Crippen LogP contribution < -0.4 is 19.1 Å². The van der Waals surface area contributed by atoms with Gasteiger partial charge in [-0.05, 0) is 18.2 Å². The maximum absolute atomic E-state index is 12.7. The van der Waals surface area contributed by atoms with Crippen LogP contribution in [0.3, 0.4) is 0 Å². The van der Waals surface area contributed by atoms with Crippen molar-refractivity contribution in [3.63, 3.8) is 0 Å². The Kier molecular flexibility index (Phi) is 5.06. The summed E-state index contributed by atoms with van der Waals surface area (Å²) in [6.07, 6.45) is 5.17. The number of benzene rings is 1. The molecule has 1 amide bonds. The van der Waals surface area contributed by atoms with E-state index in [4.69, 9.17) is 17.0 Å². The van der Waals surface area contributed by atoms with Crippen LogP contribution in [0.4, 0.5) is 11.4 Å². The summed E-state index contributed by atoms with van der Waals surface area (Å²) in [5.74, 6) is 1.02. The minimum Gasteiger partial charge on any atom is -0.490 e. The molecule has 0 bridgehead atoms. The molecule has 0 radical (unpaired) electrons. The van der Waals surface area contributed by atoms with Crippen LogP contribution in [0.2, 0.25) is 0 Å². The number of anilines is 2. The van der Waals surface area contributed by atoms with E-state index in [0.717, 1.165) is 0 Å². The van der Waals surface area contributed by atoms with Crippen LogP contribution >= 0.6 is 0 Å². The van der Waals surface area contributed by atoms with Gasteiger partial charge in [0.1, 0.15) is 41.5 Å². The summed E-state index contributed by atoms with van der Waals surface area (Å²) in [6, 6.07) is 8.75. The van der Waals surface area contributed by atoms with Gasteiger partial charge in [-0.15, -0.1) is 0 Å². The maximum atomic E-state index is 12.7. The third kappa shape index (κ3) is 4.08. The van der Waals surface area contributed by atoms with Gasteiger partial charge < -0.3 is 28.6 Å². The number of rotatable bonds is 5. The number of aromatic nitrogens is 3. The Bertz CT molecular complexity index is 1350. The van der Waals surface area contributed by atoms with Gasteiger partial charge in [-0.2, -0.15) is 5.26 Å². The van der Waals surface area contributed by atoms with Gasteiger partial charge in [0.25, 0.3) is 5.91 Å². The highest BCUT2D eigenvalue weighted by Gasteiger charge is 2.30. The lowest BCUT2D eigenvalue weighted by molar-refractivity contribution is 0.0767. The fourth-order valence-corrected chi connectivity index (χ4v) is 4.05. The second-order valence-corrected chi connectivity index (χ2v) is 7.98. The molecule has 1 aromatic carbocycles. The number of hydrogen-bond acceptors (Lipinski definition) is 8. The molecule has 3 aromatic rings. The fourth-order valence-electron chi connectivity index (χ4n) is 4.05. The van der Waals surface area contributed by atoms with Crippen molar-refractivity contribution in [2.45, 2.75) is 12.5 Å². The first kappa shape index (κ1) is 19.2. The van der Waals surface area contributed by atoms with E-state index < -0.39 is 6.50 Å². The number of carbonyl (C=O) groups excluding carboxylic acids is 1. The molecular weight excluding hydrogens is 436 g/mol. The SMILES string of the molecule is [2H]C1([2H])COc2ccc(O[C@H]3CCN(C(=O)c4cn(C)cn4)C3)cc2N1c1cnc(OC)c(C#N)c1. The molecule has 0 saturated carbocycles. The normalized spacial score (nSPS) is 19.4. The van der Waals surface area contributed by atoms with E-state index >= 15 is 0 Å². The average molecular weight is 463 g/mol. The zero-order valence-electron chi connectivity index (χ0n) is 20.8. The van der Waals surface area contributed by atoms with Crippen LogP contribution in [0.25, 0.3) is 0 Å². The molecule has 5 rings (SSSR count). The van der Waals surface area contributed by atoms with Crippen LogP contribution in [0, 0.1) is 11.3 Å². The fraction of sp³-hybridized carbons (Fsp3) is 0.333. The monoisotopic (exact) mass is 462 g/mol. The number of ether oxygens (including phenoxy) is 3. The lowest BCUT2D eigenvalue weighted by atomic mass is 10.2. The Balaban J connectivity index is 1.39. The number of likely N-dealkylation sites (tertiary alicyclic amines) is 1. The van der Waals surface area contributed by atoms with E-state index in [-0.39, 0.29) is 30.1 Å². The van der Waals surface area contributed by atoms with Crippen molar-refractivity contribution < 1.29 is 21.7 Å². The lowest BCUT2D eigenvalue weighted by Crippen LogP contribution is -2.31. The molecule has 174 valence electrons. The molecule has 0 aliphatic carbocycles. The molecule has 1 atom stereocenters. The van der Waals surface area contributed by atoms with Gasteiger partial charge >= 0.3 is 0 Å². The molecule has 34 heavy (non-hydrogen) atoms. The molecule has 10 heteroatoms. The van der Waals surface area contributed by atoms with Crippen molar-refractivity contribution >= 4 is 17.3 Å². The van der Waals surface area contributed by atoms with Gasteiger partial charge in [0.05, 0.1) is 46.8 Å². The summed E-state index contributed by atoms with van der Waals surface area (Å²) in [4.78, 5) is 24.2. The van der Waals surface area contributed by atoms with Crippen molar-refractivity contribution in [1.82, 2.24) is 19.4 Å². The third-order valence-corrected chi connectivity index (χ3v) is 5.69. The number of hydrogen-bond donors (Lipinski definition) is 0. The van der Waals surface area contributed by atoms with Gasteiger partial charge in [-0.25, -0.2) is 9.97 Å². The molecule has 1 saturated heterocycles. The summed E-state index contributed by atoms with van der Waals surface area (Å²) in [7, 11) is 3.23. The van der Waals surface area contributed by atoms with E-state index in [9.17, 15) is 10.1 Å². The van der Waals surface area contributed by atoms with Gasteiger partial charge in [0.2, 0.25) is 5.88 Å². The first-order chi connectivity index (χ1) is 17.3. The highest BCUT2D eigenvalue weighted by Crippen LogP contribution is 2.40. The summed E-state index contributed by atoms with van der Waals surface area (Å²) in [5, 5.41) is 9.48. The molecule has 0 unspecified atom stereocenters. The largest absolute Gasteiger partial charge is 0.490 e. The van der Waals surface area contributed by atoms with Crippen LogP contribution in [0.1, 0.15) is 25.2 Å². The van der Waals surface area contributed by atoms with E-state index in [2.05, 4.69) is 9.97 Å².